The van der Waals surface area contributed by atoms with E-state index in [1.807, 2.05) is 0 Å². The van der Waals surface area contributed by atoms with Crippen LogP contribution in [0, 0.1) is 18.8 Å². The number of fused-ring (bicyclic) bond motifs is 1. The maximum absolute atomic E-state index is 13.0. The number of carbonyl (C=O) groups excluding carboxylic acids is 2. The summed E-state index contributed by atoms with van der Waals surface area (Å²) in [5.74, 6) is 2.00. The highest BCUT2D eigenvalue weighted by atomic mass is 32.1. The van der Waals surface area contributed by atoms with Crippen LogP contribution in [0.2, 0.25) is 0 Å². The van der Waals surface area contributed by atoms with Crippen LogP contribution < -0.4 is 10.6 Å². The smallest absolute Gasteiger partial charge is 0.254 e. The van der Waals surface area contributed by atoms with E-state index in [1.165, 1.54) is 17.7 Å². The Labute approximate surface area is 167 Å². The molecule has 0 aromatic carbocycles. The molecule has 0 bridgehead atoms. The molecule has 7 nitrogen and oxygen atoms in total. The molecule has 5 rings (SSSR count). The average Bonchev–Trinajstić information content (AvgIpc) is 3.60. The fraction of sp³-hybridized carbons (Fsp3) is 0.600. The Balaban J connectivity index is 1.43. The molecule has 2 fully saturated rings. The van der Waals surface area contributed by atoms with Crippen LogP contribution in [-0.2, 0) is 17.6 Å². The van der Waals surface area contributed by atoms with Crippen LogP contribution in [0.1, 0.15) is 70.6 Å². The van der Waals surface area contributed by atoms with Gasteiger partial charge >= 0.3 is 0 Å². The first-order chi connectivity index (χ1) is 13.6. The topological polar surface area (TPSA) is 97.1 Å². The maximum Gasteiger partial charge on any atom is 0.254 e. The molecule has 0 saturated heterocycles. The summed E-state index contributed by atoms with van der Waals surface area (Å²) in [5.41, 5.74) is 1.69. The molecule has 1 atom stereocenters. The first-order valence-corrected chi connectivity index (χ1v) is 10.9. The van der Waals surface area contributed by atoms with E-state index in [4.69, 9.17) is 4.42 Å². The molecule has 28 heavy (non-hydrogen) atoms. The molecule has 2 aromatic rings. The number of nitrogens with zero attached hydrogens (tertiary/aromatic N) is 2. The quantitative estimate of drug-likeness (QED) is 0.776. The van der Waals surface area contributed by atoms with E-state index < -0.39 is 0 Å². The van der Waals surface area contributed by atoms with E-state index in [-0.39, 0.29) is 23.7 Å². The van der Waals surface area contributed by atoms with Crippen molar-refractivity contribution in [3.63, 3.8) is 0 Å². The Morgan fingerprint density at radius 1 is 1.18 bits per heavy atom. The second-order valence-corrected chi connectivity index (χ2v) is 9.33. The normalized spacial score (nSPS) is 21.2. The van der Waals surface area contributed by atoms with Gasteiger partial charge in [0.15, 0.2) is 0 Å². The van der Waals surface area contributed by atoms with E-state index in [0.717, 1.165) is 31.2 Å². The standard InChI is InChI=1S/C20H24N4O3S/c1-10-23-24-19(27-10)13-6-7-15-14(8-13)16(18(26)21-9-11-2-3-11)20(28-15)22-17(25)12-4-5-12/h11-13H,2-9H2,1H3,(H,21,26)(H,22,25). The number of thiophene rings is 1. The van der Waals surface area contributed by atoms with Gasteiger partial charge in [-0.05, 0) is 56.4 Å². The van der Waals surface area contributed by atoms with Crippen molar-refractivity contribution in [1.29, 1.82) is 0 Å². The van der Waals surface area contributed by atoms with Gasteiger partial charge < -0.3 is 15.1 Å². The molecule has 0 spiro atoms. The van der Waals surface area contributed by atoms with Crippen molar-refractivity contribution in [2.45, 2.75) is 57.8 Å². The van der Waals surface area contributed by atoms with Gasteiger partial charge in [-0.2, -0.15) is 0 Å². The van der Waals surface area contributed by atoms with Crippen molar-refractivity contribution >= 4 is 28.2 Å². The molecule has 2 amide bonds. The fourth-order valence-corrected chi connectivity index (χ4v) is 5.05. The molecule has 3 aliphatic carbocycles. The van der Waals surface area contributed by atoms with Crippen LogP contribution in [0.5, 0.6) is 0 Å². The summed E-state index contributed by atoms with van der Waals surface area (Å²) >= 11 is 1.56. The Hall–Kier alpha value is -2.22. The average molecular weight is 401 g/mol. The van der Waals surface area contributed by atoms with Gasteiger partial charge in [-0.1, -0.05) is 0 Å². The predicted octanol–water partition coefficient (Wildman–Crippen LogP) is 3.20. The van der Waals surface area contributed by atoms with Gasteiger partial charge in [0.25, 0.3) is 5.91 Å². The lowest BCUT2D eigenvalue weighted by Crippen LogP contribution is -2.28. The first kappa shape index (κ1) is 17.8. The number of hydrogen-bond acceptors (Lipinski definition) is 6. The lowest BCUT2D eigenvalue weighted by molar-refractivity contribution is -0.117. The van der Waals surface area contributed by atoms with Crippen molar-refractivity contribution < 1.29 is 14.0 Å². The third kappa shape index (κ3) is 3.57. The first-order valence-electron chi connectivity index (χ1n) is 10.1. The summed E-state index contributed by atoms with van der Waals surface area (Å²) in [6.07, 6.45) is 6.72. The molecule has 0 radical (unpaired) electrons. The van der Waals surface area contributed by atoms with Crippen molar-refractivity contribution in [1.82, 2.24) is 15.5 Å². The Morgan fingerprint density at radius 2 is 2.00 bits per heavy atom. The molecule has 0 aliphatic heterocycles. The highest BCUT2D eigenvalue weighted by Crippen LogP contribution is 2.43. The number of aromatic nitrogens is 2. The minimum atomic E-state index is -0.0714. The molecular formula is C20H24N4O3S. The lowest BCUT2D eigenvalue weighted by atomic mass is 9.86. The molecule has 3 aliphatic rings. The van der Waals surface area contributed by atoms with Gasteiger partial charge in [0.05, 0.1) is 5.56 Å². The number of carbonyl (C=O) groups is 2. The lowest BCUT2D eigenvalue weighted by Gasteiger charge is -2.20. The largest absolute Gasteiger partial charge is 0.425 e. The minimum absolute atomic E-state index is 0.0407. The fourth-order valence-electron chi connectivity index (χ4n) is 3.81. The molecule has 1 unspecified atom stereocenters. The summed E-state index contributed by atoms with van der Waals surface area (Å²) in [5, 5.41) is 15.0. The van der Waals surface area contributed by atoms with E-state index >= 15 is 0 Å². The zero-order chi connectivity index (χ0) is 19.3. The van der Waals surface area contributed by atoms with E-state index in [9.17, 15) is 9.59 Å². The van der Waals surface area contributed by atoms with Gasteiger partial charge in [0, 0.05) is 30.2 Å². The zero-order valence-corrected chi connectivity index (χ0v) is 16.7. The molecule has 8 heteroatoms. The number of nitrogens with one attached hydrogen (secondary N) is 2. The highest BCUT2D eigenvalue weighted by Gasteiger charge is 2.35. The van der Waals surface area contributed by atoms with E-state index in [0.29, 0.717) is 41.2 Å². The van der Waals surface area contributed by atoms with Gasteiger partial charge in [-0.25, -0.2) is 0 Å². The number of rotatable bonds is 6. The van der Waals surface area contributed by atoms with Crippen LogP contribution >= 0.6 is 11.3 Å². The molecule has 2 heterocycles. The van der Waals surface area contributed by atoms with Crippen molar-refractivity contribution in [3.05, 3.63) is 27.8 Å². The summed E-state index contributed by atoms with van der Waals surface area (Å²) in [4.78, 5) is 26.6. The number of anilines is 1. The second-order valence-electron chi connectivity index (χ2n) is 8.22. The molecule has 2 N–H and O–H groups in total. The van der Waals surface area contributed by atoms with Gasteiger partial charge in [0.2, 0.25) is 17.7 Å². The third-order valence-corrected chi connectivity index (χ3v) is 7.02. The zero-order valence-electron chi connectivity index (χ0n) is 15.9. The van der Waals surface area contributed by atoms with Crippen LogP contribution in [0.3, 0.4) is 0 Å². The third-order valence-electron chi connectivity index (χ3n) is 5.81. The van der Waals surface area contributed by atoms with Crippen molar-refractivity contribution in [2.75, 3.05) is 11.9 Å². The summed E-state index contributed by atoms with van der Waals surface area (Å²) in [7, 11) is 0. The van der Waals surface area contributed by atoms with Crippen molar-refractivity contribution in [2.24, 2.45) is 11.8 Å². The summed E-state index contributed by atoms with van der Waals surface area (Å²) in [6.45, 7) is 2.50. The molecule has 2 saturated carbocycles. The van der Waals surface area contributed by atoms with E-state index in [1.54, 1.807) is 18.3 Å². The number of amides is 2. The van der Waals surface area contributed by atoms with E-state index in [2.05, 4.69) is 20.8 Å². The number of hydrogen-bond donors (Lipinski definition) is 2. The van der Waals surface area contributed by atoms with Crippen LogP contribution in [-0.4, -0.2) is 28.6 Å². The minimum Gasteiger partial charge on any atom is -0.425 e. The van der Waals surface area contributed by atoms with Gasteiger partial charge in [-0.15, -0.1) is 21.5 Å². The Kier molecular flexibility index (Phi) is 4.45. The van der Waals surface area contributed by atoms with Gasteiger partial charge in [-0.3, -0.25) is 9.59 Å². The summed E-state index contributed by atoms with van der Waals surface area (Å²) in [6, 6.07) is 0. The van der Waals surface area contributed by atoms with Crippen LogP contribution in [0.25, 0.3) is 0 Å². The Bertz CT molecular complexity index is 926. The second kappa shape index (κ2) is 6.99. The monoisotopic (exact) mass is 400 g/mol. The van der Waals surface area contributed by atoms with Crippen molar-refractivity contribution in [3.8, 4) is 0 Å². The highest BCUT2D eigenvalue weighted by molar-refractivity contribution is 7.17. The predicted molar refractivity (Wildman–Crippen MR) is 105 cm³/mol. The molecule has 148 valence electrons. The maximum atomic E-state index is 13.0. The Morgan fingerprint density at radius 3 is 2.68 bits per heavy atom. The number of aryl methyl sites for hydroxylation is 2. The summed E-state index contributed by atoms with van der Waals surface area (Å²) < 4.78 is 5.65. The van der Waals surface area contributed by atoms with Crippen LogP contribution in [0.4, 0.5) is 5.00 Å². The molecular weight excluding hydrogens is 376 g/mol. The SMILES string of the molecule is Cc1nnc(C2CCc3sc(NC(=O)C4CC4)c(C(=O)NCC4CC4)c3C2)o1. The molecule has 2 aromatic heterocycles. The van der Waals surface area contributed by atoms with Gasteiger partial charge in [0.1, 0.15) is 5.00 Å². The van der Waals surface area contributed by atoms with Crippen LogP contribution in [0.15, 0.2) is 4.42 Å².